The van der Waals surface area contributed by atoms with Crippen molar-refractivity contribution < 1.29 is 0 Å². The van der Waals surface area contributed by atoms with Crippen LogP contribution < -0.4 is 4.90 Å². The molecule has 1 aromatic carbocycles. The quantitative estimate of drug-likeness (QED) is 0.625. The molecule has 0 saturated heterocycles. The molecule has 0 aliphatic heterocycles. The van der Waals surface area contributed by atoms with Gasteiger partial charge in [0.25, 0.3) is 0 Å². The monoisotopic (exact) mass is 361 g/mol. The molecular weight excluding hydrogens is 338 g/mol. The van der Waals surface area contributed by atoms with Gasteiger partial charge in [0.15, 0.2) is 0 Å². The standard InChI is InChI=1S/C19H24ClN3S/c1-6-9-14(20)17(7-2)23(4)13-10-11-15-16(12-13)22-19(21-15)18(8-3)24-5/h6,8-12H,7H2,1-5H3,(H,21,22)/b9-6-,17-14-,18-8-. The van der Waals surface area contributed by atoms with Crippen LogP contribution in [0.1, 0.15) is 33.0 Å². The lowest BCUT2D eigenvalue weighted by Gasteiger charge is -2.23. The Kier molecular flexibility index (Phi) is 6.58. The number of nitrogens with one attached hydrogen (secondary N) is 1. The number of aromatic nitrogens is 2. The molecule has 0 aliphatic rings. The number of hydrogen-bond donors (Lipinski definition) is 1. The van der Waals surface area contributed by atoms with Crippen molar-refractivity contribution in [3.63, 3.8) is 0 Å². The average Bonchev–Trinajstić information content (AvgIpc) is 2.99. The molecule has 0 amide bonds. The number of fused-ring (bicyclic) bond motifs is 1. The number of benzene rings is 1. The molecular formula is C19H24ClN3S. The summed E-state index contributed by atoms with van der Waals surface area (Å²) < 4.78 is 0. The molecule has 0 fully saturated rings. The Morgan fingerprint density at radius 3 is 2.71 bits per heavy atom. The van der Waals surface area contributed by atoms with E-state index in [1.54, 1.807) is 11.8 Å². The van der Waals surface area contributed by atoms with Gasteiger partial charge in [-0.1, -0.05) is 30.7 Å². The van der Waals surface area contributed by atoms with Crippen LogP contribution in [0.25, 0.3) is 15.9 Å². The first kappa shape index (κ1) is 18.7. The summed E-state index contributed by atoms with van der Waals surface area (Å²) in [5.41, 5.74) is 4.17. The fourth-order valence-electron chi connectivity index (χ4n) is 2.64. The van der Waals surface area contributed by atoms with Gasteiger partial charge in [-0.2, -0.15) is 0 Å². The fourth-order valence-corrected chi connectivity index (χ4v) is 3.55. The van der Waals surface area contributed by atoms with Crippen LogP contribution in [-0.2, 0) is 0 Å². The third-order valence-corrected chi connectivity index (χ3v) is 5.11. The maximum absolute atomic E-state index is 6.41. The number of imidazole rings is 1. The number of nitrogens with zero attached hydrogens (tertiary/aromatic N) is 2. The van der Waals surface area contributed by atoms with E-state index in [2.05, 4.69) is 46.3 Å². The van der Waals surface area contributed by atoms with Gasteiger partial charge in [-0.05, 0) is 50.8 Å². The highest BCUT2D eigenvalue weighted by molar-refractivity contribution is 8.07. The van der Waals surface area contributed by atoms with E-state index in [9.17, 15) is 0 Å². The van der Waals surface area contributed by atoms with Crippen LogP contribution >= 0.6 is 23.4 Å². The lowest BCUT2D eigenvalue weighted by atomic mass is 10.2. The summed E-state index contributed by atoms with van der Waals surface area (Å²) in [6.07, 6.45) is 8.88. The van der Waals surface area contributed by atoms with Crippen molar-refractivity contribution >= 4 is 45.0 Å². The number of rotatable bonds is 6. The first-order valence-electron chi connectivity index (χ1n) is 8.01. The topological polar surface area (TPSA) is 31.9 Å². The first-order chi connectivity index (χ1) is 11.5. The highest BCUT2D eigenvalue weighted by atomic mass is 35.5. The van der Waals surface area contributed by atoms with E-state index in [0.717, 1.165) is 44.6 Å². The van der Waals surface area contributed by atoms with Crippen LogP contribution in [0.2, 0.25) is 0 Å². The van der Waals surface area contributed by atoms with E-state index in [1.165, 1.54) is 0 Å². The van der Waals surface area contributed by atoms with E-state index >= 15 is 0 Å². The van der Waals surface area contributed by atoms with Gasteiger partial charge < -0.3 is 9.88 Å². The molecule has 3 nitrogen and oxygen atoms in total. The first-order valence-corrected chi connectivity index (χ1v) is 9.61. The van der Waals surface area contributed by atoms with Gasteiger partial charge in [-0.25, -0.2) is 4.98 Å². The van der Waals surface area contributed by atoms with Crippen LogP contribution in [0.15, 0.2) is 47.2 Å². The largest absolute Gasteiger partial charge is 0.347 e. The van der Waals surface area contributed by atoms with E-state index in [1.807, 2.05) is 39.1 Å². The van der Waals surface area contributed by atoms with E-state index in [0.29, 0.717) is 0 Å². The van der Waals surface area contributed by atoms with E-state index in [4.69, 9.17) is 11.6 Å². The lowest BCUT2D eigenvalue weighted by molar-refractivity contribution is 0.973. The highest BCUT2D eigenvalue weighted by Gasteiger charge is 2.12. The molecule has 0 spiro atoms. The Morgan fingerprint density at radius 2 is 2.12 bits per heavy atom. The second-order valence-corrected chi connectivity index (χ2v) is 6.61. The zero-order valence-corrected chi connectivity index (χ0v) is 16.4. The second-order valence-electron chi connectivity index (χ2n) is 5.35. The van der Waals surface area contributed by atoms with Crippen LogP contribution in [0.5, 0.6) is 0 Å². The molecule has 2 rings (SSSR count). The second kappa shape index (κ2) is 8.45. The number of aromatic amines is 1. The number of anilines is 1. The van der Waals surface area contributed by atoms with Crippen molar-refractivity contribution in [2.45, 2.75) is 27.2 Å². The van der Waals surface area contributed by atoms with Gasteiger partial charge in [-0.3, -0.25) is 0 Å². The summed E-state index contributed by atoms with van der Waals surface area (Å²) >= 11 is 8.11. The molecule has 24 heavy (non-hydrogen) atoms. The SMILES string of the molecule is C/C=C\C(Cl)=C(/CC)N(C)c1ccc2nc(/C(=C/C)SC)[nH]c2c1. The molecule has 1 heterocycles. The average molecular weight is 362 g/mol. The third-order valence-electron chi connectivity index (χ3n) is 3.90. The zero-order chi connectivity index (χ0) is 17.7. The van der Waals surface area contributed by atoms with Gasteiger partial charge in [0.2, 0.25) is 0 Å². The zero-order valence-electron chi connectivity index (χ0n) is 14.9. The molecule has 128 valence electrons. The summed E-state index contributed by atoms with van der Waals surface area (Å²) in [6, 6.07) is 6.25. The van der Waals surface area contributed by atoms with Gasteiger partial charge in [0.1, 0.15) is 5.82 Å². The van der Waals surface area contributed by atoms with Crippen molar-refractivity contribution in [1.29, 1.82) is 0 Å². The van der Waals surface area contributed by atoms with Crippen molar-refractivity contribution in [2.75, 3.05) is 18.2 Å². The van der Waals surface area contributed by atoms with Gasteiger partial charge in [-0.15, -0.1) is 11.8 Å². The number of allylic oxidation sites excluding steroid dienone is 5. The Labute approximate surface area is 153 Å². The molecule has 0 atom stereocenters. The van der Waals surface area contributed by atoms with Crippen LogP contribution in [0.3, 0.4) is 0 Å². The molecule has 0 bridgehead atoms. The minimum absolute atomic E-state index is 0.770. The maximum Gasteiger partial charge on any atom is 0.144 e. The Balaban J connectivity index is 2.45. The van der Waals surface area contributed by atoms with Crippen LogP contribution in [-0.4, -0.2) is 23.3 Å². The smallest absolute Gasteiger partial charge is 0.144 e. The highest BCUT2D eigenvalue weighted by Crippen LogP contribution is 2.29. The van der Waals surface area contributed by atoms with E-state index < -0.39 is 0 Å². The predicted molar refractivity (Wildman–Crippen MR) is 110 cm³/mol. The minimum atomic E-state index is 0.770. The van der Waals surface area contributed by atoms with Crippen LogP contribution in [0.4, 0.5) is 5.69 Å². The van der Waals surface area contributed by atoms with Gasteiger partial charge >= 0.3 is 0 Å². The summed E-state index contributed by atoms with van der Waals surface area (Å²) in [5, 5.41) is 0.770. The molecule has 1 N–H and O–H groups in total. The number of halogens is 1. The number of H-pyrrole nitrogens is 1. The Hall–Kier alpha value is -1.65. The molecule has 1 aromatic heterocycles. The Bertz CT molecular complexity index is 802. The summed E-state index contributed by atoms with van der Waals surface area (Å²) in [7, 11) is 2.04. The van der Waals surface area contributed by atoms with Crippen molar-refractivity contribution in [2.24, 2.45) is 0 Å². The molecule has 0 unspecified atom stereocenters. The van der Waals surface area contributed by atoms with Crippen LogP contribution in [0, 0.1) is 0 Å². The summed E-state index contributed by atoms with van der Waals surface area (Å²) in [5.74, 6) is 0.915. The summed E-state index contributed by atoms with van der Waals surface area (Å²) in [4.78, 5) is 11.4. The predicted octanol–water partition coefficient (Wildman–Crippen LogP) is 6.16. The van der Waals surface area contributed by atoms with Crippen molar-refractivity contribution in [3.05, 3.63) is 53.0 Å². The molecule has 0 aliphatic carbocycles. The maximum atomic E-state index is 6.41. The molecule has 0 saturated carbocycles. The lowest BCUT2D eigenvalue weighted by Crippen LogP contribution is -2.16. The number of hydrogen-bond acceptors (Lipinski definition) is 3. The normalized spacial score (nSPS) is 13.7. The number of thioether (sulfide) groups is 1. The van der Waals surface area contributed by atoms with E-state index in [-0.39, 0.29) is 0 Å². The fraction of sp³-hybridized carbons (Fsp3) is 0.316. The molecule has 2 aromatic rings. The van der Waals surface area contributed by atoms with Gasteiger partial charge in [0, 0.05) is 23.3 Å². The van der Waals surface area contributed by atoms with Gasteiger partial charge in [0.05, 0.1) is 16.1 Å². The third kappa shape index (κ3) is 3.87. The Morgan fingerprint density at radius 1 is 1.38 bits per heavy atom. The minimum Gasteiger partial charge on any atom is -0.347 e. The summed E-state index contributed by atoms with van der Waals surface area (Å²) in [6.45, 7) is 6.11. The molecule has 5 heteroatoms. The van der Waals surface area contributed by atoms with Crippen molar-refractivity contribution in [3.8, 4) is 0 Å². The van der Waals surface area contributed by atoms with Crippen molar-refractivity contribution in [1.82, 2.24) is 9.97 Å². The molecule has 0 radical (unpaired) electrons.